The van der Waals surface area contributed by atoms with E-state index in [1.165, 1.54) is 38.2 Å². The zero-order valence-electron chi connectivity index (χ0n) is 27.6. The third-order valence-corrected chi connectivity index (χ3v) is 9.94. The first-order valence-electron chi connectivity index (χ1n) is 17.3. The van der Waals surface area contributed by atoms with E-state index in [1.807, 2.05) is 30.3 Å². The zero-order chi connectivity index (χ0) is 33.7. The molecule has 0 bridgehead atoms. The lowest BCUT2D eigenvalue weighted by Crippen LogP contribution is -2.36. The van der Waals surface area contributed by atoms with Gasteiger partial charge in [-0.25, -0.2) is 9.98 Å². The minimum atomic E-state index is -0.471. The minimum absolute atomic E-state index is 0.471. The Morgan fingerprint density at radius 2 is 1.04 bits per heavy atom. The standard InChI is InChI=1S/C47H31N3O/c1-3-13-31(14-4-1)36-26-27-37(39-19-10-9-18-38(36)39)34-24-25-40-43(29-34)51-42-21-11-20-41(44(40)42)47-49-45(32-15-5-2-6-16-32)48-46(50-47)35-23-22-30-12-7-8-17-33(30)28-35/h1-29,47H,(H,48,49,50). The van der Waals surface area contributed by atoms with E-state index in [-0.39, 0.29) is 0 Å². The third-order valence-electron chi connectivity index (χ3n) is 9.94. The van der Waals surface area contributed by atoms with Crippen molar-refractivity contribution >= 4 is 55.2 Å². The smallest absolute Gasteiger partial charge is 0.170 e. The molecule has 0 saturated carbocycles. The number of fused-ring (bicyclic) bond motifs is 5. The molecule has 0 spiro atoms. The summed E-state index contributed by atoms with van der Waals surface area (Å²) in [6, 6.07) is 61.6. The monoisotopic (exact) mass is 653 g/mol. The molecule has 4 heteroatoms. The number of rotatable bonds is 5. The highest BCUT2D eigenvalue weighted by Crippen LogP contribution is 2.41. The molecule has 1 unspecified atom stereocenters. The Bertz CT molecular complexity index is 2830. The van der Waals surface area contributed by atoms with Crippen molar-refractivity contribution in [2.75, 3.05) is 0 Å². The van der Waals surface area contributed by atoms with Crippen LogP contribution in [-0.4, -0.2) is 11.7 Å². The maximum Gasteiger partial charge on any atom is 0.170 e. The predicted molar refractivity (Wildman–Crippen MR) is 211 cm³/mol. The summed E-state index contributed by atoms with van der Waals surface area (Å²) in [6.07, 6.45) is -0.471. The average Bonchev–Trinajstić information content (AvgIpc) is 3.59. The molecule has 0 fully saturated rings. The van der Waals surface area contributed by atoms with Gasteiger partial charge < -0.3 is 9.73 Å². The van der Waals surface area contributed by atoms with Crippen LogP contribution in [0.5, 0.6) is 0 Å². The second-order valence-electron chi connectivity index (χ2n) is 13.0. The molecular weight excluding hydrogens is 623 g/mol. The van der Waals surface area contributed by atoms with Crippen LogP contribution in [0.4, 0.5) is 0 Å². The van der Waals surface area contributed by atoms with Crippen LogP contribution in [0.15, 0.2) is 190 Å². The normalized spacial score (nSPS) is 14.5. The van der Waals surface area contributed by atoms with Crippen LogP contribution in [-0.2, 0) is 0 Å². The van der Waals surface area contributed by atoms with Crippen molar-refractivity contribution in [2.45, 2.75) is 6.17 Å². The summed E-state index contributed by atoms with van der Waals surface area (Å²) in [5.41, 5.74) is 9.41. The van der Waals surface area contributed by atoms with Crippen molar-refractivity contribution in [3.8, 4) is 22.3 Å². The molecule has 1 aliphatic heterocycles. The van der Waals surface area contributed by atoms with Gasteiger partial charge in [-0.05, 0) is 68.1 Å². The number of nitrogens with one attached hydrogen (secondary N) is 1. The predicted octanol–water partition coefficient (Wildman–Crippen LogP) is 11.7. The second kappa shape index (κ2) is 12.0. The third kappa shape index (κ3) is 5.08. The van der Waals surface area contributed by atoms with Gasteiger partial charge in [-0.2, -0.15) is 0 Å². The quantitative estimate of drug-likeness (QED) is 0.201. The lowest BCUT2D eigenvalue weighted by atomic mass is 9.92. The second-order valence-corrected chi connectivity index (χ2v) is 13.0. The van der Waals surface area contributed by atoms with Crippen molar-refractivity contribution < 1.29 is 4.42 Å². The first-order valence-corrected chi connectivity index (χ1v) is 17.3. The number of benzene rings is 8. The van der Waals surface area contributed by atoms with Crippen molar-refractivity contribution in [2.24, 2.45) is 9.98 Å². The topological polar surface area (TPSA) is 49.9 Å². The van der Waals surface area contributed by atoms with E-state index in [2.05, 4.69) is 151 Å². The van der Waals surface area contributed by atoms with Gasteiger partial charge in [0, 0.05) is 27.5 Å². The van der Waals surface area contributed by atoms with E-state index >= 15 is 0 Å². The van der Waals surface area contributed by atoms with Gasteiger partial charge in [0.25, 0.3) is 0 Å². The molecule has 2 heterocycles. The number of hydrogen-bond acceptors (Lipinski definition) is 4. The van der Waals surface area contributed by atoms with Crippen LogP contribution >= 0.6 is 0 Å². The SMILES string of the molecule is c1ccc(C2=NC(c3cccc4oc5cc(-c6ccc(-c7ccccc7)c7ccccc67)ccc5c34)N=C(c3ccc4ccccc4c3)N2)cc1. The van der Waals surface area contributed by atoms with E-state index in [9.17, 15) is 0 Å². The summed E-state index contributed by atoms with van der Waals surface area (Å²) < 4.78 is 6.61. The molecule has 9 aromatic rings. The molecule has 8 aromatic carbocycles. The summed E-state index contributed by atoms with van der Waals surface area (Å²) in [4.78, 5) is 10.5. The highest BCUT2D eigenvalue weighted by Gasteiger charge is 2.24. The highest BCUT2D eigenvalue weighted by atomic mass is 16.3. The Kier molecular flexibility index (Phi) is 6.85. The van der Waals surface area contributed by atoms with Crippen LogP contribution in [0.25, 0.3) is 65.7 Å². The molecule has 1 atom stereocenters. The minimum Gasteiger partial charge on any atom is -0.456 e. The molecule has 0 aliphatic carbocycles. The van der Waals surface area contributed by atoms with Gasteiger partial charge in [-0.15, -0.1) is 0 Å². The Balaban J connectivity index is 1.11. The first kappa shape index (κ1) is 29.2. The Labute approximate surface area is 295 Å². The van der Waals surface area contributed by atoms with Crippen LogP contribution in [0.2, 0.25) is 0 Å². The van der Waals surface area contributed by atoms with Gasteiger partial charge in [0.1, 0.15) is 22.8 Å². The zero-order valence-corrected chi connectivity index (χ0v) is 27.6. The fourth-order valence-electron chi connectivity index (χ4n) is 7.47. The van der Waals surface area contributed by atoms with Crippen LogP contribution in [0.1, 0.15) is 22.9 Å². The summed E-state index contributed by atoms with van der Waals surface area (Å²) in [7, 11) is 0. The van der Waals surface area contributed by atoms with Crippen LogP contribution < -0.4 is 5.32 Å². The molecule has 0 radical (unpaired) electrons. The fraction of sp³-hybridized carbons (Fsp3) is 0.0213. The maximum atomic E-state index is 6.61. The van der Waals surface area contributed by atoms with Gasteiger partial charge in [0.15, 0.2) is 6.17 Å². The molecule has 1 aliphatic rings. The summed E-state index contributed by atoms with van der Waals surface area (Å²) in [5, 5.41) is 10.4. The lowest BCUT2D eigenvalue weighted by Gasteiger charge is -2.23. The van der Waals surface area contributed by atoms with Crippen molar-refractivity contribution in [3.05, 3.63) is 193 Å². The molecule has 10 rings (SSSR count). The number of aliphatic imine (C=N–C) groups is 2. The number of furan rings is 1. The first-order chi connectivity index (χ1) is 25.3. The van der Waals surface area contributed by atoms with E-state index in [4.69, 9.17) is 14.4 Å². The van der Waals surface area contributed by atoms with Gasteiger partial charge in [0.2, 0.25) is 0 Å². The van der Waals surface area contributed by atoms with Gasteiger partial charge in [-0.3, -0.25) is 0 Å². The van der Waals surface area contributed by atoms with Gasteiger partial charge >= 0.3 is 0 Å². The van der Waals surface area contributed by atoms with Crippen molar-refractivity contribution in [1.29, 1.82) is 0 Å². The van der Waals surface area contributed by atoms with E-state index in [0.717, 1.165) is 55.9 Å². The Morgan fingerprint density at radius 1 is 0.412 bits per heavy atom. The van der Waals surface area contributed by atoms with Crippen molar-refractivity contribution in [1.82, 2.24) is 5.32 Å². The Hall–Kier alpha value is -6.78. The molecule has 0 amide bonds. The van der Waals surface area contributed by atoms with Gasteiger partial charge in [-0.1, -0.05) is 152 Å². The maximum absolute atomic E-state index is 6.61. The average molecular weight is 654 g/mol. The summed E-state index contributed by atoms with van der Waals surface area (Å²) in [5.74, 6) is 1.58. The van der Waals surface area contributed by atoms with E-state index in [0.29, 0.717) is 0 Å². The number of nitrogens with zero attached hydrogens (tertiary/aromatic N) is 2. The molecule has 0 saturated heterocycles. The highest BCUT2D eigenvalue weighted by molar-refractivity contribution is 6.17. The summed E-state index contributed by atoms with van der Waals surface area (Å²) >= 11 is 0. The lowest BCUT2D eigenvalue weighted by molar-refractivity contribution is 0.668. The number of hydrogen-bond donors (Lipinski definition) is 1. The van der Waals surface area contributed by atoms with Crippen molar-refractivity contribution in [3.63, 3.8) is 0 Å². The van der Waals surface area contributed by atoms with Crippen LogP contribution in [0.3, 0.4) is 0 Å². The summed E-state index contributed by atoms with van der Waals surface area (Å²) in [6.45, 7) is 0. The largest absolute Gasteiger partial charge is 0.456 e. The molecule has 51 heavy (non-hydrogen) atoms. The molecule has 1 N–H and O–H groups in total. The number of amidine groups is 2. The van der Waals surface area contributed by atoms with E-state index < -0.39 is 6.17 Å². The Morgan fingerprint density at radius 3 is 1.80 bits per heavy atom. The van der Waals surface area contributed by atoms with Gasteiger partial charge in [0.05, 0.1) is 0 Å². The van der Waals surface area contributed by atoms with E-state index in [1.54, 1.807) is 0 Å². The van der Waals surface area contributed by atoms with Crippen LogP contribution in [0, 0.1) is 0 Å². The molecule has 240 valence electrons. The molecule has 4 nitrogen and oxygen atoms in total. The molecule has 1 aromatic heterocycles. The fourth-order valence-corrected chi connectivity index (χ4v) is 7.47. The molecular formula is C47H31N3O.